The highest BCUT2D eigenvalue weighted by Gasteiger charge is 2.12. The fourth-order valence-electron chi connectivity index (χ4n) is 2.89. The highest BCUT2D eigenvalue weighted by atomic mass is 35.5. The van der Waals surface area contributed by atoms with Crippen molar-refractivity contribution >= 4 is 23.5 Å². The summed E-state index contributed by atoms with van der Waals surface area (Å²) in [5.74, 6) is 1.12. The molecule has 0 bridgehead atoms. The van der Waals surface area contributed by atoms with Gasteiger partial charge in [0.2, 0.25) is 0 Å². The van der Waals surface area contributed by atoms with E-state index in [1.807, 2.05) is 30.3 Å². The zero-order valence-corrected chi connectivity index (χ0v) is 17.4. The molecule has 0 atom stereocenters. The summed E-state index contributed by atoms with van der Waals surface area (Å²) in [6.45, 7) is 6.60. The molecule has 0 unspecified atom stereocenters. The molecule has 28 heavy (non-hydrogen) atoms. The first-order chi connectivity index (χ1) is 13.5. The Morgan fingerprint density at radius 3 is 2.32 bits per heavy atom. The molecule has 0 fully saturated rings. The van der Waals surface area contributed by atoms with E-state index in [4.69, 9.17) is 21.1 Å². The molecule has 0 spiro atoms. The molecule has 3 rings (SSSR count). The molecule has 0 aromatic heterocycles. The first-order valence-corrected chi connectivity index (χ1v) is 9.51. The molecule has 0 radical (unpaired) electrons. The number of aryl methyl sites for hydroxylation is 3. The van der Waals surface area contributed by atoms with Gasteiger partial charge in [0.15, 0.2) is 11.5 Å². The van der Waals surface area contributed by atoms with Crippen LogP contribution in [0, 0.1) is 20.8 Å². The average molecular weight is 394 g/mol. The predicted octanol–water partition coefficient (Wildman–Crippen LogP) is 6.60. The molecule has 0 aliphatic rings. The van der Waals surface area contributed by atoms with E-state index in [1.165, 1.54) is 11.1 Å². The maximum absolute atomic E-state index is 6.47. The molecular weight excluding hydrogens is 370 g/mol. The van der Waals surface area contributed by atoms with Gasteiger partial charge < -0.3 is 9.47 Å². The van der Waals surface area contributed by atoms with E-state index in [0.717, 1.165) is 22.4 Å². The molecule has 0 heterocycles. The van der Waals surface area contributed by atoms with Gasteiger partial charge in [-0.15, -0.1) is 0 Å². The molecule has 4 heteroatoms. The first kappa shape index (κ1) is 20.0. The summed E-state index contributed by atoms with van der Waals surface area (Å²) >= 11 is 6.47. The molecular formula is C24H24ClNO2. The molecule has 0 saturated heterocycles. The first-order valence-electron chi connectivity index (χ1n) is 9.13. The van der Waals surface area contributed by atoms with Crippen LogP contribution in [0.15, 0.2) is 59.6 Å². The summed E-state index contributed by atoms with van der Waals surface area (Å²) in [4.78, 5) is 4.59. The van der Waals surface area contributed by atoms with Gasteiger partial charge in [0, 0.05) is 6.21 Å². The van der Waals surface area contributed by atoms with Crippen LogP contribution < -0.4 is 9.47 Å². The molecule has 0 aliphatic carbocycles. The van der Waals surface area contributed by atoms with Crippen molar-refractivity contribution < 1.29 is 9.47 Å². The Labute approximate surface area is 171 Å². The van der Waals surface area contributed by atoms with Crippen LogP contribution in [-0.4, -0.2) is 13.3 Å². The lowest BCUT2D eigenvalue weighted by molar-refractivity contribution is 0.284. The minimum Gasteiger partial charge on any atom is -0.493 e. The normalized spacial score (nSPS) is 11.0. The Morgan fingerprint density at radius 1 is 0.929 bits per heavy atom. The van der Waals surface area contributed by atoms with Crippen LogP contribution in [0.3, 0.4) is 0 Å². The Morgan fingerprint density at radius 2 is 1.64 bits per heavy atom. The van der Waals surface area contributed by atoms with Crippen molar-refractivity contribution in [3.05, 3.63) is 87.4 Å². The zero-order chi connectivity index (χ0) is 20.1. The molecule has 0 amide bonds. The van der Waals surface area contributed by atoms with Gasteiger partial charge in [-0.25, -0.2) is 0 Å². The second-order valence-electron chi connectivity index (χ2n) is 6.86. The van der Waals surface area contributed by atoms with Crippen LogP contribution in [-0.2, 0) is 6.61 Å². The highest BCUT2D eigenvalue weighted by molar-refractivity contribution is 6.32. The largest absolute Gasteiger partial charge is 0.493 e. The Balaban J connectivity index is 1.80. The van der Waals surface area contributed by atoms with E-state index in [1.54, 1.807) is 13.3 Å². The quantitative estimate of drug-likeness (QED) is 0.441. The number of methoxy groups -OCH3 is 1. The second-order valence-corrected chi connectivity index (χ2v) is 7.26. The number of benzene rings is 3. The van der Waals surface area contributed by atoms with Crippen molar-refractivity contribution in [3.63, 3.8) is 0 Å². The van der Waals surface area contributed by atoms with Gasteiger partial charge in [-0.1, -0.05) is 59.1 Å². The summed E-state index contributed by atoms with van der Waals surface area (Å²) in [5, 5.41) is 0.494. The van der Waals surface area contributed by atoms with Gasteiger partial charge in [0.1, 0.15) is 6.61 Å². The van der Waals surface area contributed by atoms with Crippen molar-refractivity contribution in [2.24, 2.45) is 4.99 Å². The van der Waals surface area contributed by atoms with Gasteiger partial charge in [-0.3, -0.25) is 4.99 Å². The van der Waals surface area contributed by atoms with Gasteiger partial charge in [-0.2, -0.15) is 0 Å². The monoisotopic (exact) mass is 393 g/mol. The van der Waals surface area contributed by atoms with E-state index < -0.39 is 0 Å². The molecule has 0 saturated carbocycles. The highest BCUT2D eigenvalue weighted by Crippen LogP contribution is 2.36. The maximum atomic E-state index is 6.47. The second kappa shape index (κ2) is 8.94. The van der Waals surface area contributed by atoms with Crippen molar-refractivity contribution in [2.45, 2.75) is 27.4 Å². The van der Waals surface area contributed by atoms with Gasteiger partial charge in [-0.05, 0) is 55.7 Å². The van der Waals surface area contributed by atoms with Crippen LogP contribution in [0.4, 0.5) is 5.69 Å². The summed E-state index contributed by atoms with van der Waals surface area (Å²) in [6.07, 6.45) is 1.79. The van der Waals surface area contributed by atoms with Crippen LogP contribution in [0.5, 0.6) is 11.5 Å². The molecule has 3 aromatic carbocycles. The summed E-state index contributed by atoms with van der Waals surface area (Å²) in [5.41, 5.74) is 6.42. The number of rotatable bonds is 6. The standard InChI is InChI=1S/C24H24ClNO2/c1-16-5-8-19(9-6-16)15-28-24-21(25)12-20(13-23(24)27-4)14-26-22-10-7-17(2)11-18(22)3/h5-14H,15H2,1-4H3. The Kier molecular flexibility index (Phi) is 6.37. The van der Waals surface area contributed by atoms with Crippen LogP contribution in [0.2, 0.25) is 5.02 Å². The van der Waals surface area contributed by atoms with Gasteiger partial charge in [0.05, 0.1) is 17.8 Å². The van der Waals surface area contributed by atoms with Crippen LogP contribution in [0.1, 0.15) is 27.8 Å². The lowest BCUT2D eigenvalue weighted by Crippen LogP contribution is -1.99. The lowest BCUT2D eigenvalue weighted by atomic mass is 10.1. The van der Waals surface area contributed by atoms with Crippen molar-refractivity contribution in [2.75, 3.05) is 7.11 Å². The van der Waals surface area contributed by atoms with Crippen molar-refractivity contribution in [1.82, 2.24) is 0 Å². The molecule has 0 aliphatic heterocycles. The Hall–Kier alpha value is -2.78. The number of hydrogen-bond acceptors (Lipinski definition) is 3. The topological polar surface area (TPSA) is 30.8 Å². The van der Waals surface area contributed by atoms with E-state index in [2.05, 4.69) is 50.0 Å². The fraction of sp³-hybridized carbons (Fsp3) is 0.208. The number of halogens is 1. The Bertz CT molecular complexity index is 994. The summed E-state index contributed by atoms with van der Waals surface area (Å²) in [6, 6.07) is 18.1. The lowest BCUT2D eigenvalue weighted by Gasteiger charge is -2.13. The molecule has 144 valence electrons. The molecule has 3 aromatic rings. The number of hydrogen-bond donors (Lipinski definition) is 0. The minimum absolute atomic E-state index is 0.423. The van der Waals surface area contributed by atoms with Crippen LogP contribution in [0.25, 0.3) is 0 Å². The van der Waals surface area contributed by atoms with Gasteiger partial charge in [0.25, 0.3) is 0 Å². The van der Waals surface area contributed by atoms with Gasteiger partial charge >= 0.3 is 0 Å². The summed E-state index contributed by atoms with van der Waals surface area (Å²) in [7, 11) is 1.61. The van der Waals surface area contributed by atoms with E-state index in [0.29, 0.717) is 23.1 Å². The predicted molar refractivity (Wildman–Crippen MR) is 117 cm³/mol. The van der Waals surface area contributed by atoms with E-state index >= 15 is 0 Å². The number of nitrogens with zero attached hydrogens (tertiary/aromatic N) is 1. The van der Waals surface area contributed by atoms with Crippen molar-refractivity contribution in [1.29, 1.82) is 0 Å². The smallest absolute Gasteiger partial charge is 0.180 e. The minimum atomic E-state index is 0.423. The third kappa shape index (κ3) is 4.93. The third-order valence-electron chi connectivity index (χ3n) is 4.46. The number of aliphatic imine (C=N–C) groups is 1. The zero-order valence-electron chi connectivity index (χ0n) is 16.6. The van der Waals surface area contributed by atoms with Crippen LogP contribution >= 0.6 is 11.6 Å². The number of ether oxygens (including phenoxy) is 2. The van der Waals surface area contributed by atoms with Crippen molar-refractivity contribution in [3.8, 4) is 11.5 Å². The maximum Gasteiger partial charge on any atom is 0.180 e. The fourth-order valence-corrected chi connectivity index (χ4v) is 3.16. The third-order valence-corrected chi connectivity index (χ3v) is 4.74. The van der Waals surface area contributed by atoms with E-state index in [-0.39, 0.29) is 0 Å². The average Bonchev–Trinajstić information content (AvgIpc) is 2.67. The van der Waals surface area contributed by atoms with E-state index in [9.17, 15) is 0 Å². The SMILES string of the molecule is COc1cc(C=Nc2ccc(C)cc2C)cc(Cl)c1OCc1ccc(C)cc1. The molecule has 0 N–H and O–H groups in total. The molecule has 3 nitrogen and oxygen atoms in total. The summed E-state index contributed by atoms with van der Waals surface area (Å²) < 4.78 is 11.4.